The van der Waals surface area contributed by atoms with Crippen molar-refractivity contribution in [3.05, 3.63) is 142 Å². The van der Waals surface area contributed by atoms with Crippen LogP contribution in [0.5, 0.6) is 0 Å². The average Bonchev–Trinajstić information content (AvgIpc) is 3.32. The first-order valence-corrected chi connectivity index (χ1v) is 13.4. The van der Waals surface area contributed by atoms with Gasteiger partial charge in [-0.3, -0.25) is 9.36 Å². The molecule has 0 saturated heterocycles. The van der Waals surface area contributed by atoms with E-state index in [1.54, 1.807) is 19.1 Å². The van der Waals surface area contributed by atoms with Gasteiger partial charge in [-0.15, -0.1) is 0 Å². The van der Waals surface area contributed by atoms with Gasteiger partial charge < -0.3 is 14.8 Å². The van der Waals surface area contributed by atoms with Crippen LogP contribution in [0.25, 0.3) is 33.0 Å². The van der Waals surface area contributed by atoms with Crippen molar-refractivity contribution in [1.29, 1.82) is 0 Å². The summed E-state index contributed by atoms with van der Waals surface area (Å²) in [5.74, 6) is -4.37. The van der Waals surface area contributed by atoms with Crippen LogP contribution in [0, 0.1) is 11.6 Å². The number of halogens is 2. The summed E-state index contributed by atoms with van der Waals surface area (Å²) in [6.45, 7) is 1.86. The fourth-order valence-electron chi connectivity index (χ4n) is 5.16. The zero-order chi connectivity index (χ0) is 30.2. The van der Waals surface area contributed by atoms with Crippen molar-refractivity contribution in [1.82, 2.24) is 9.88 Å². The molecule has 0 aliphatic rings. The number of nitrogens with one attached hydrogen (secondary N) is 1. The third-order valence-corrected chi connectivity index (χ3v) is 7.42. The Morgan fingerprint density at radius 3 is 2.33 bits per heavy atom. The van der Waals surface area contributed by atoms with E-state index < -0.39 is 35.3 Å². The van der Waals surface area contributed by atoms with Gasteiger partial charge in [-0.2, -0.15) is 0 Å². The summed E-state index contributed by atoms with van der Waals surface area (Å²) in [7, 11) is 0. The molecular weight excluding hydrogens is 554 g/mol. The number of oxazole rings is 1. The number of carboxylic acid groups (broad SMARTS) is 1. The van der Waals surface area contributed by atoms with E-state index in [-0.39, 0.29) is 34.3 Å². The van der Waals surface area contributed by atoms with Gasteiger partial charge in [0, 0.05) is 0 Å². The SMILES string of the molecule is C[C@H](NC(=O)c1cc(-c2ccc(F)c(F)c2)cc2oc(=O)n(Cc3ccc4ccccc4c3)c12)c1ccc(C(=O)O)cc1. The normalized spacial score (nSPS) is 12.0. The zero-order valence-corrected chi connectivity index (χ0v) is 22.8. The van der Waals surface area contributed by atoms with Crippen molar-refractivity contribution in [3.63, 3.8) is 0 Å². The summed E-state index contributed by atoms with van der Waals surface area (Å²) in [5.41, 5.74) is 2.67. The van der Waals surface area contributed by atoms with Crippen LogP contribution in [0.4, 0.5) is 8.78 Å². The lowest BCUT2D eigenvalue weighted by Gasteiger charge is -2.16. The zero-order valence-electron chi connectivity index (χ0n) is 22.8. The number of hydrogen-bond donors (Lipinski definition) is 2. The van der Waals surface area contributed by atoms with E-state index in [0.717, 1.165) is 28.5 Å². The Bertz CT molecular complexity index is 2100. The smallest absolute Gasteiger partial charge is 0.420 e. The van der Waals surface area contributed by atoms with Crippen molar-refractivity contribution in [2.24, 2.45) is 0 Å². The number of benzene rings is 5. The van der Waals surface area contributed by atoms with Crippen molar-refractivity contribution in [3.8, 4) is 11.1 Å². The Morgan fingerprint density at radius 1 is 0.860 bits per heavy atom. The number of rotatable bonds is 7. The fourth-order valence-corrected chi connectivity index (χ4v) is 5.16. The van der Waals surface area contributed by atoms with Crippen LogP contribution in [0.15, 0.2) is 106 Å². The third kappa shape index (κ3) is 5.40. The summed E-state index contributed by atoms with van der Waals surface area (Å²) in [6.07, 6.45) is 0. The molecule has 0 fully saturated rings. The molecule has 0 spiro atoms. The molecule has 0 bridgehead atoms. The quantitative estimate of drug-likeness (QED) is 0.214. The number of aromatic nitrogens is 1. The number of amides is 1. The number of fused-ring (bicyclic) bond motifs is 2. The molecule has 5 aromatic carbocycles. The molecule has 9 heteroatoms. The summed E-state index contributed by atoms with van der Waals surface area (Å²) < 4.78 is 34.8. The molecule has 0 aliphatic carbocycles. The largest absolute Gasteiger partial charge is 0.478 e. The minimum Gasteiger partial charge on any atom is -0.478 e. The molecule has 2 N–H and O–H groups in total. The van der Waals surface area contributed by atoms with E-state index >= 15 is 0 Å². The van der Waals surface area contributed by atoms with Crippen LogP contribution < -0.4 is 11.1 Å². The van der Waals surface area contributed by atoms with Gasteiger partial charge in [0.1, 0.15) is 5.52 Å². The van der Waals surface area contributed by atoms with E-state index in [2.05, 4.69) is 5.32 Å². The summed E-state index contributed by atoms with van der Waals surface area (Å²) in [6, 6.07) is 25.6. The van der Waals surface area contributed by atoms with Gasteiger partial charge in [0.15, 0.2) is 17.2 Å². The van der Waals surface area contributed by atoms with E-state index in [0.29, 0.717) is 11.1 Å². The Hall–Kier alpha value is -5.57. The lowest BCUT2D eigenvalue weighted by Crippen LogP contribution is -2.28. The van der Waals surface area contributed by atoms with E-state index in [1.807, 2.05) is 42.5 Å². The van der Waals surface area contributed by atoms with Crippen LogP contribution in [0.3, 0.4) is 0 Å². The Labute approximate surface area is 243 Å². The van der Waals surface area contributed by atoms with Gasteiger partial charge in [0.05, 0.1) is 23.7 Å². The number of carbonyl (C=O) groups is 2. The summed E-state index contributed by atoms with van der Waals surface area (Å²) >= 11 is 0. The van der Waals surface area contributed by atoms with Crippen molar-refractivity contribution in [2.45, 2.75) is 19.5 Å². The van der Waals surface area contributed by atoms with Crippen LogP contribution in [-0.2, 0) is 6.54 Å². The highest BCUT2D eigenvalue weighted by molar-refractivity contribution is 6.06. The van der Waals surface area contributed by atoms with Gasteiger partial charge in [0.2, 0.25) is 0 Å². The molecule has 7 nitrogen and oxygen atoms in total. The van der Waals surface area contributed by atoms with Gasteiger partial charge in [-0.1, -0.05) is 54.6 Å². The van der Waals surface area contributed by atoms with E-state index in [4.69, 9.17) is 4.42 Å². The highest BCUT2D eigenvalue weighted by Gasteiger charge is 2.23. The van der Waals surface area contributed by atoms with E-state index in [1.165, 1.54) is 34.9 Å². The van der Waals surface area contributed by atoms with E-state index in [9.17, 15) is 28.3 Å². The minimum absolute atomic E-state index is 0.0953. The highest BCUT2D eigenvalue weighted by atomic mass is 19.2. The molecule has 1 heterocycles. The Kier molecular flexibility index (Phi) is 7.07. The second-order valence-electron chi connectivity index (χ2n) is 10.3. The molecule has 0 radical (unpaired) electrons. The predicted octanol–water partition coefficient (Wildman–Crippen LogP) is 6.93. The second-order valence-corrected chi connectivity index (χ2v) is 10.3. The predicted molar refractivity (Wildman–Crippen MR) is 158 cm³/mol. The second kappa shape index (κ2) is 11.0. The average molecular weight is 579 g/mol. The fraction of sp³-hybridized carbons (Fsp3) is 0.0882. The first-order chi connectivity index (χ1) is 20.7. The molecule has 43 heavy (non-hydrogen) atoms. The third-order valence-electron chi connectivity index (χ3n) is 7.42. The monoisotopic (exact) mass is 578 g/mol. The number of carbonyl (C=O) groups excluding carboxylic acids is 1. The standard InChI is InChI=1S/C34H24F2N2O5/c1-19(21-8-10-23(11-9-21)33(40)41)37-32(39)27-15-26(25-12-13-28(35)29(36)16-25)17-30-31(27)38(34(42)43-30)18-20-6-7-22-4-2-3-5-24(22)14-20/h2-17,19H,18H2,1H3,(H,37,39)(H,40,41)/t19-/m0/s1. The molecule has 0 unspecified atom stereocenters. The molecular formula is C34H24F2N2O5. The van der Waals surface area contributed by atoms with Crippen LogP contribution in [0.2, 0.25) is 0 Å². The highest BCUT2D eigenvalue weighted by Crippen LogP contribution is 2.30. The van der Waals surface area contributed by atoms with Crippen LogP contribution >= 0.6 is 0 Å². The lowest BCUT2D eigenvalue weighted by molar-refractivity contribution is 0.0696. The van der Waals surface area contributed by atoms with Crippen molar-refractivity contribution >= 4 is 33.7 Å². The molecule has 214 valence electrons. The minimum atomic E-state index is -1.07. The molecule has 6 aromatic rings. The molecule has 6 rings (SSSR count). The van der Waals surface area contributed by atoms with Gasteiger partial charge in [0.25, 0.3) is 5.91 Å². The first-order valence-electron chi connectivity index (χ1n) is 13.4. The van der Waals surface area contributed by atoms with Crippen molar-refractivity contribution in [2.75, 3.05) is 0 Å². The van der Waals surface area contributed by atoms with Gasteiger partial charge in [-0.05, 0) is 82.4 Å². The topological polar surface area (TPSA) is 102 Å². The molecule has 1 aromatic heterocycles. The molecule has 0 aliphatic heterocycles. The number of carboxylic acids is 1. The number of nitrogens with zero attached hydrogens (tertiary/aromatic N) is 1. The van der Waals surface area contributed by atoms with Gasteiger partial charge >= 0.3 is 11.7 Å². The summed E-state index contributed by atoms with van der Waals surface area (Å²) in [4.78, 5) is 38.2. The maximum Gasteiger partial charge on any atom is 0.420 e. The van der Waals surface area contributed by atoms with Crippen LogP contribution in [0.1, 0.15) is 44.8 Å². The number of hydrogen-bond acceptors (Lipinski definition) is 4. The number of aromatic carboxylic acids is 1. The lowest BCUT2D eigenvalue weighted by atomic mass is 10.00. The maximum atomic E-state index is 14.1. The Morgan fingerprint density at radius 2 is 1.60 bits per heavy atom. The van der Waals surface area contributed by atoms with Crippen molar-refractivity contribution < 1.29 is 27.9 Å². The maximum absolute atomic E-state index is 14.1. The Balaban J connectivity index is 1.44. The molecule has 1 amide bonds. The van der Waals surface area contributed by atoms with Crippen LogP contribution in [-0.4, -0.2) is 21.6 Å². The van der Waals surface area contributed by atoms with Gasteiger partial charge in [-0.25, -0.2) is 18.4 Å². The summed E-state index contributed by atoms with van der Waals surface area (Å²) in [5, 5.41) is 14.1. The molecule has 1 atom stereocenters. The molecule has 0 saturated carbocycles. The first kappa shape index (κ1) is 27.6.